The first-order chi connectivity index (χ1) is 15.7. The van der Waals surface area contributed by atoms with Crippen LogP contribution in [0.5, 0.6) is 5.75 Å². The molecule has 2 aliphatic rings. The molecule has 4 rings (SSSR count). The molecule has 2 fully saturated rings. The van der Waals surface area contributed by atoms with Gasteiger partial charge in [0, 0.05) is 49.8 Å². The highest BCUT2D eigenvalue weighted by Gasteiger charge is 2.41. The summed E-state index contributed by atoms with van der Waals surface area (Å²) < 4.78 is 60.1. The molecule has 1 aliphatic heterocycles. The van der Waals surface area contributed by atoms with Crippen molar-refractivity contribution in [2.45, 2.75) is 44.3 Å². The Kier molecular flexibility index (Phi) is 6.58. The first-order valence-corrected chi connectivity index (χ1v) is 10.5. The van der Waals surface area contributed by atoms with Crippen molar-refractivity contribution in [2.24, 2.45) is 5.92 Å². The molecule has 1 aliphatic carbocycles. The van der Waals surface area contributed by atoms with E-state index in [1.165, 1.54) is 6.39 Å². The second-order valence-electron chi connectivity index (χ2n) is 8.16. The molecule has 2 atom stereocenters. The van der Waals surface area contributed by atoms with Crippen molar-refractivity contribution in [2.75, 3.05) is 24.6 Å². The minimum Gasteiger partial charge on any atom is -0.411 e. The van der Waals surface area contributed by atoms with Crippen LogP contribution in [0.2, 0.25) is 0 Å². The molecule has 1 saturated heterocycles. The zero-order valence-corrected chi connectivity index (χ0v) is 17.5. The Morgan fingerprint density at radius 3 is 2.70 bits per heavy atom. The van der Waals surface area contributed by atoms with Crippen LogP contribution >= 0.6 is 0 Å². The number of carbonyl (C=O) groups excluding carboxylic acids is 1. The highest BCUT2D eigenvalue weighted by molar-refractivity contribution is 5.75. The van der Waals surface area contributed by atoms with Gasteiger partial charge in [-0.2, -0.15) is 0 Å². The van der Waals surface area contributed by atoms with Crippen molar-refractivity contribution in [1.29, 1.82) is 0 Å². The number of ether oxygens (including phenoxy) is 1. The van der Waals surface area contributed by atoms with E-state index < -0.39 is 24.0 Å². The van der Waals surface area contributed by atoms with Gasteiger partial charge in [-0.1, -0.05) is 11.2 Å². The van der Waals surface area contributed by atoms with E-state index in [0.717, 1.165) is 25.0 Å². The second-order valence-corrected chi connectivity index (χ2v) is 8.16. The Labute approximate surface area is 186 Å². The Balaban J connectivity index is 1.42. The number of hydrogen-bond donors (Lipinski definition) is 2. The molecule has 0 bridgehead atoms. The van der Waals surface area contributed by atoms with Crippen LogP contribution in [0.15, 0.2) is 29.0 Å². The number of amides is 2. The van der Waals surface area contributed by atoms with Gasteiger partial charge in [-0.3, -0.25) is 0 Å². The maximum Gasteiger partial charge on any atom is 0.573 e. The minimum absolute atomic E-state index is 0.0180. The molecular weight excluding hydrogens is 450 g/mol. The number of nitrogens with one attached hydrogen (secondary N) is 1. The van der Waals surface area contributed by atoms with E-state index in [4.69, 9.17) is 4.42 Å². The molecule has 0 unspecified atom stereocenters. The third-order valence-electron chi connectivity index (χ3n) is 5.65. The van der Waals surface area contributed by atoms with Crippen LogP contribution in [0.4, 0.5) is 28.4 Å². The summed E-state index contributed by atoms with van der Waals surface area (Å²) in [5, 5.41) is 20.0. The van der Waals surface area contributed by atoms with Crippen LogP contribution in [0.25, 0.3) is 0 Å². The van der Waals surface area contributed by atoms with Crippen LogP contribution in [0, 0.1) is 11.7 Å². The van der Waals surface area contributed by atoms with Crippen LogP contribution in [-0.2, 0) is 6.54 Å². The van der Waals surface area contributed by atoms with Crippen molar-refractivity contribution in [1.82, 2.24) is 20.4 Å². The highest BCUT2D eigenvalue weighted by atomic mass is 19.4. The van der Waals surface area contributed by atoms with Gasteiger partial charge in [0.25, 0.3) is 0 Å². The largest absolute Gasteiger partial charge is 0.573 e. The van der Waals surface area contributed by atoms with Gasteiger partial charge in [0.05, 0.1) is 6.04 Å². The fourth-order valence-corrected chi connectivity index (χ4v) is 4.08. The van der Waals surface area contributed by atoms with Crippen molar-refractivity contribution in [3.8, 4) is 5.75 Å². The molecule has 2 amide bonds. The summed E-state index contributed by atoms with van der Waals surface area (Å²) in [6.07, 6.45) is -1.49. The smallest absolute Gasteiger partial charge is 0.411 e. The Morgan fingerprint density at radius 2 is 2.09 bits per heavy atom. The molecule has 9 nitrogen and oxygen atoms in total. The maximum absolute atomic E-state index is 14.2. The first-order valence-electron chi connectivity index (χ1n) is 10.5. The lowest BCUT2D eigenvalue weighted by Crippen LogP contribution is -2.56. The fraction of sp³-hybridized carbons (Fsp3) is 0.550. The average molecular weight is 473 g/mol. The van der Waals surface area contributed by atoms with Gasteiger partial charge in [0.15, 0.2) is 0 Å². The third kappa shape index (κ3) is 5.83. The number of aliphatic hydroxyl groups is 1. The predicted molar refractivity (Wildman–Crippen MR) is 106 cm³/mol. The summed E-state index contributed by atoms with van der Waals surface area (Å²) in [6.45, 7) is 0.663. The monoisotopic (exact) mass is 473 g/mol. The molecule has 2 heterocycles. The average Bonchev–Trinajstić information content (AvgIpc) is 3.42. The molecule has 13 heteroatoms. The molecule has 1 aromatic carbocycles. The second kappa shape index (κ2) is 9.41. The predicted octanol–water partition coefficient (Wildman–Crippen LogP) is 2.67. The van der Waals surface area contributed by atoms with E-state index in [1.807, 2.05) is 4.90 Å². The molecule has 1 saturated carbocycles. The topological polar surface area (TPSA) is 104 Å². The number of benzene rings is 1. The van der Waals surface area contributed by atoms with E-state index in [-0.39, 0.29) is 36.7 Å². The highest BCUT2D eigenvalue weighted by Crippen LogP contribution is 2.33. The standard InChI is InChI=1S/C20H23F4N5O4/c21-17-6-16(33-20(22,23)24)4-1-13(17)7-25-18(31)29(14-2-3-14)15-5-12(10-30)8-28(9-15)19-27-26-11-32-19/h1,4,6,11-12,14-15,30H,2-3,5,7-10H2,(H,25,31)/t12-,15+/m0/s1. The number of aromatic nitrogens is 2. The quantitative estimate of drug-likeness (QED) is 0.596. The lowest BCUT2D eigenvalue weighted by atomic mass is 9.94. The van der Waals surface area contributed by atoms with E-state index in [2.05, 4.69) is 20.3 Å². The number of piperidine rings is 1. The summed E-state index contributed by atoms with van der Waals surface area (Å²) in [5.41, 5.74) is 0.0259. The van der Waals surface area contributed by atoms with Crippen LogP contribution in [0.3, 0.4) is 0 Å². The van der Waals surface area contributed by atoms with Gasteiger partial charge >= 0.3 is 18.4 Å². The van der Waals surface area contributed by atoms with Gasteiger partial charge in [0.2, 0.25) is 6.39 Å². The van der Waals surface area contributed by atoms with E-state index in [9.17, 15) is 27.5 Å². The van der Waals surface area contributed by atoms with E-state index in [0.29, 0.717) is 31.6 Å². The summed E-state index contributed by atoms with van der Waals surface area (Å²) in [7, 11) is 0. The lowest BCUT2D eigenvalue weighted by Gasteiger charge is -2.41. The molecule has 180 valence electrons. The number of halogens is 4. The Bertz CT molecular complexity index is 954. The zero-order valence-electron chi connectivity index (χ0n) is 17.5. The van der Waals surface area contributed by atoms with Gasteiger partial charge in [-0.05, 0) is 25.3 Å². The summed E-state index contributed by atoms with van der Waals surface area (Å²) in [4.78, 5) is 16.6. The SMILES string of the molecule is O=C(NCc1ccc(OC(F)(F)F)cc1F)N(C1CC1)[C@@H]1C[C@H](CO)CN(c2nnco2)C1. The Hall–Kier alpha value is -3.09. The van der Waals surface area contributed by atoms with Gasteiger partial charge in [-0.25, -0.2) is 9.18 Å². The number of hydrogen-bond acceptors (Lipinski definition) is 7. The number of alkyl halides is 3. The number of anilines is 1. The third-order valence-corrected chi connectivity index (χ3v) is 5.65. The van der Waals surface area contributed by atoms with E-state index in [1.54, 1.807) is 4.90 Å². The van der Waals surface area contributed by atoms with Crippen LogP contribution in [0.1, 0.15) is 24.8 Å². The number of carbonyl (C=O) groups is 1. The van der Waals surface area contributed by atoms with Gasteiger partial charge < -0.3 is 29.4 Å². The molecule has 0 radical (unpaired) electrons. The molecule has 2 aromatic rings. The van der Waals surface area contributed by atoms with Crippen molar-refractivity contribution in [3.63, 3.8) is 0 Å². The number of urea groups is 1. The Morgan fingerprint density at radius 1 is 1.30 bits per heavy atom. The number of rotatable bonds is 7. The number of nitrogens with zero attached hydrogens (tertiary/aromatic N) is 4. The van der Waals surface area contributed by atoms with Crippen molar-refractivity contribution < 1.29 is 36.6 Å². The van der Waals surface area contributed by atoms with E-state index >= 15 is 0 Å². The summed E-state index contributed by atoms with van der Waals surface area (Å²) in [6, 6.07) is 2.42. The molecule has 0 spiro atoms. The molecule has 33 heavy (non-hydrogen) atoms. The van der Waals surface area contributed by atoms with Crippen LogP contribution in [-0.4, -0.2) is 64.4 Å². The van der Waals surface area contributed by atoms with Gasteiger partial charge in [0.1, 0.15) is 11.6 Å². The fourth-order valence-electron chi connectivity index (χ4n) is 4.08. The van der Waals surface area contributed by atoms with Gasteiger partial charge in [-0.15, -0.1) is 18.3 Å². The van der Waals surface area contributed by atoms with Crippen LogP contribution < -0.4 is 15.0 Å². The van der Waals surface area contributed by atoms with Crippen molar-refractivity contribution in [3.05, 3.63) is 36.0 Å². The normalized spacial score (nSPS) is 21.1. The molecular formula is C20H23F4N5O4. The molecule has 2 N–H and O–H groups in total. The first kappa shape index (κ1) is 23.1. The zero-order chi connectivity index (χ0) is 23.6. The minimum atomic E-state index is -4.92. The summed E-state index contributed by atoms with van der Waals surface area (Å²) in [5.74, 6) is -1.70. The summed E-state index contributed by atoms with van der Waals surface area (Å²) >= 11 is 0. The molecule has 1 aromatic heterocycles. The number of aliphatic hydroxyl groups excluding tert-OH is 1. The maximum atomic E-state index is 14.2. The lowest BCUT2D eigenvalue weighted by molar-refractivity contribution is -0.274. The van der Waals surface area contributed by atoms with Crippen molar-refractivity contribution >= 4 is 12.0 Å².